The van der Waals surface area contributed by atoms with E-state index in [1.165, 1.54) is 16.4 Å². The molecule has 1 heterocycles. The standard InChI is InChI=1S/C24H29N3O4S/c1-3-27(4-2)32(29,30)23-14-12-21(13-15-23)25-24(28)19-26(18-22-11-8-16-31-22)17-20-9-6-5-7-10-20/h5-16H,3-4,17-19H2,1-2H3,(H,25,28). The number of nitrogens with one attached hydrogen (secondary N) is 1. The number of sulfonamides is 1. The van der Waals surface area contributed by atoms with E-state index < -0.39 is 10.0 Å². The Morgan fingerprint density at radius 3 is 2.19 bits per heavy atom. The average Bonchev–Trinajstić information content (AvgIpc) is 3.28. The minimum Gasteiger partial charge on any atom is -0.468 e. The molecule has 8 heteroatoms. The van der Waals surface area contributed by atoms with E-state index in [2.05, 4.69) is 5.32 Å². The first-order valence-corrected chi connectivity index (χ1v) is 12.0. The minimum absolute atomic E-state index is 0.162. The van der Waals surface area contributed by atoms with Crippen molar-refractivity contribution in [2.45, 2.75) is 31.8 Å². The maximum atomic E-state index is 12.7. The molecule has 0 aliphatic rings. The normalized spacial score (nSPS) is 11.8. The number of benzene rings is 2. The monoisotopic (exact) mass is 455 g/mol. The Labute approximate surface area is 189 Å². The SMILES string of the molecule is CCN(CC)S(=O)(=O)c1ccc(NC(=O)CN(Cc2ccccc2)Cc2ccco2)cc1. The molecule has 0 fully saturated rings. The van der Waals surface area contributed by atoms with Crippen molar-refractivity contribution in [2.24, 2.45) is 0 Å². The van der Waals surface area contributed by atoms with Gasteiger partial charge in [-0.25, -0.2) is 8.42 Å². The van der Waals surface area contributed by atoms with Crippen LogP contribution in [0.1, 0.15) is 25.2 Å². The number of furan rings is 1. The maximum absolute atomic E-state index is 12.7. The topological polar surface area (TPSA) is 82.9 Å². The molecule has 1 N–H and O–H groups in total. The molecule has 0 radical (unpaired) electrons. The number of amides is 1. The lowest BCUT2D eigenvalue weighted by molar-refractivity contribution is -0.117. The fraction of sp³-hybridized carbons (Fsp3) is 0.292. The maximum Gasteiger partial charge on any atom is 0.243 e. The van der Waals surface area contributed by atoms with Crippen LogP contribution < -0.4 is 5.32 Å². The van der Waals surface area contributed by atoms with Crippen molar-refractivity contribution in [2.75, 3.05) is 25.0 Å². The molecular weight excluding hydrogens is 426 g/mol. The van der Waals surface area contributed by atoms with Crippen LogP contribution in [-0.2, 0) is 27.9 Å². The van der Waals surface area contributed by atoms with Crippen molar-refractivity contribution >= 4 is 21.6 Å². The third kappa shape index (κ3) is 6.29. The molecule has 0 spiro atoms. The van der Waals surface area contributed by atoms with Gasteiger partial charge < -0.3 is 9.73 Å². The smallest absolute Gasteiger partial charge is 0.243 e. The van der Waals surface area contributed by atoms with Gasteiger partial charge in [0.1, 0.15) is 5.76 Å². The molecule has 1 amide bonds. The Bertz CT molecular complexity index is 1080. The first-order valence-electron chi connectivity index (χ1n) is 10.6. The van der Waals surface area contributed by atoms with Gasteiger partial charge in [0.25, 0.3) is 0 Å². The summed E-state index contributed by atoms with van der Waals surface area (Å²) in [5, 5.41) is 2.85. The van der Waals surface area contributed by atoms with Crippen LogP contribution in [0.15, 0.2) is 82.3 Å². The van der Waals surface area contributed by atoms with Crippen molar-refractivity contribution in [3.63, 3.8) is 0 Å². The Balaban J connectivity index is 1.66. The second-order valence-electron chi connectivity index (χ2n) is 7.37. The van der Waals surface area contributed by atoms with Crippen molar-refractivity contribution in [3.05, 3.63) is 84.3 Å². The van der Waals surface area contributed by atoms with Gasteiger partial charge in [-0.3, -0.25) is 9.69 Å². The zero-order chi connectivity index (χ0) is 23.0. The van der Waals surface area contributed by atoms with Gasteiger partial charge in [0, 0.05) is 25.3 Å². The van der Waals surface area contributed by atoms with Crippen LogP contribution in [0, 0.1) is 0 Å². The second-order valence-corrected chi connectivity index (χ2v) is 9.31. The number of anilines is 1. The summed E-state index contributed by atoms with van der Waals surface area (Å²) in [7, 11) is -3.53. The number of hydrogen-bond donors (Lipinski definition) is 1. The van der Waals surface area contributed by atoms with Crippen molar-refractivity contribution in [1.82, 2.24) is 9.21 Å². The van der Waals surface area contributed by atoms with Crippen molar-refractivity contribution in [1.29, 1.82) is 0 Å². The summed E-state index contributed by atoms with van der Waals surface area (Å²) in [6.45, 7) is 5.68. The molecule has 7 nitrogen and oxygen atoms in total. The molecule has 0 bridgehead atoms. The molecule has 170 valence electrons. The van der Waals surface area contributed by atoms with Gasteiger partial charge in [-0.1, -0.05) is 44.2 Å². The number of rotatable bonds is 11. The number of carbonyl (C=O) groups excluding carboxylic acids is 1. The second kappa shape index (κ2) is 11.1. The largest absolute Gasteiger partial charge is 0.468 e. The molecule has 1 aromatic heterocycles. The van der Waals surface area contributed by atoms with Gasteiger partial charge in [0.05, 0.1) is 24.2 Å². The third-order valence-corrected chi connectivity index (χ3v) is 7.12. The van der Waals surface area contributed by atoms with Crippen molar-refractivity contribution in [3.8, 4) is 0 Å². The fourth-order valence-corrected chi connectivity index (χ4v) is 4.92. The van der Waals surface area contributed by atoms with Gasteiger partial charge >= 0.3 is 0 Å². The average molecular weight is 456 g/mol. The van der Waals surface area contributed by atoms with Gasteiger partial charge in [-0.15, -0.1) is 0 Å². The fourth-order valence-electron chi connectivity index (χ4n) is 3.46. The zero-order valence-electron chi connectivity index (χ0n) is 18.4. The highest BCUT2D eigenvalue weighted by molar-refractivity contribution is 7.89. The summed E-state index contributed by atoms with van der Waals surface area (Å²) in [6.07, 6.45) is 1.61. The van der Waals surface area contributed by atoms with E-state index in [1.807, 2.05) is 47.4 Å². The lowest BCUT2D eigenvalue weighted by atomic mass is 10.2. The lowest BCUT2D eigenvalue weighted by Crippen LogP contribution is -2.32. The van der Waals surface area contributed by atoms with Gasteiger partial charge in [0.15, 0.2) is 0 Å². The molecule has 0 saturated heterocycles. The molecule has 32 heavy (non-hydrogen) atoms. The van der Waals surface area contributed by atoms with Crippen LogP contribution in [0.3, 0.4) is 0 Å². The number of hydrogen-bond acceptors (Lipinski definition) is 5. The Hall–Kier alpha value is -2.94. The van der Waals surface area contributed by atoms with Crippen LogP contribution in [0.2, 0.25) is 0 Å². The van der Waals surface area contributed by atoms with E-state index >= 15 is 0 Å². The summed E-state index contributed by atoms with van der Waals surface area (Å²) >= 11 is 0. The predicted molar refractivity (Wildman–Crippen MR) is 124 cm³/mol. The quantitative estimate of drug-likeness (QED) is 0.473. The summed E-state index contributed by atoms with van der Waals surface area (Å²) in [4.78, 5) is 14.9. The zero-order valence-corrected chi connectivity index (χ0v) is 19.2. The van der Waals surface area contributed by atoms with E-state index in [1.54, 1.807) is 32.2 Å². The molecule has 0 saturated carbocycles. The molecule has 2 aromatic carbocycles. The number of nitrogens with zero attached hydrogens (tertiary/aromatic N) is 2. The van der Waals surface area contributed by atoms with Gasteiger partial charge in [0.2, 0.25) is 15.9 Å². The van der Waals surface area contributed by atoms with E-state index in [-0.39, 0.29) is 17.3 Å². The third-order valence-electron chi connectivity index (χ3n) is 5.06. The molecule has 3 aromatic rings. The van der Waals surface area contributed by atoms with Gasteiger partial charge in [-0.05, 0) is 42.0 Å². The van der Waals surface area contributed by atoms with E-state index in [0.29, 0.717) is 31.9 Å². The summed E-state index contributed by atoms with van der Waals surface area (Å²) in [5.74, 6) is 0.589. The van der Waals surface area contributed by atoms with Crippen LogP contribution in [0.25, 0.3) is 0 Å². The van der Waals surface area contributed by atoms with Gasteiger partial charge in [-0.2, -0.15) is 4.31 Å². The first-order chi connectivity index (χ1) is 15.4. The highest BCUT2D eigenvalue weighted by atomic mass is 32.2. The predicted octanol–water partition coefficient (Wildman–Crippen LogP) is 3.95. The molecule has 0 aliphatic carbocycles. The first kappa shape index (κ1) is 23.7. The van der Waals surface area contributed by atoms with E-state index in [0.717, 1.165) is 11.3 Å². The van der Waals surface area contributed by atoms with Crippen LogP contribution in [0.5, 0.6) is 0 Å². The van der Waals surface area contributed by atoms with E-state index in [9.17, 15) is 13.2 Å². The molecule has 3 rings (SSSR count). The van der Waals surface area contributed by atoms with Crippen LogP contribution in [-0.4, -0.2) is 43.2 Å². The Kier molecular flexibility index (Phi) is 8.21. The minimum atomic E-state index is -3.53. The molecular formula is C24H29N3O4S. The molecule has 0 atom stereocenters. The van der Waals surface area contributed by atoms with Crippen LogP contribution >= 0.6 is 0 Å². The highest BCUT2D eigenvalue weighted by Crippen LogP contribution is 2.18. The van der Waals surface area contributed by atoms with Crippen LogP contribution in [0.4, 0.5) is 5.69 Å². The summed E-state index contributed by atoms with van der Waals surface area (Å²) < 4.78 is 32.1. The molecule has 0 aliphatic heterocycles. The number of carbonyl (C=O) groups is 1. The van der Waals surface area contributed by atoms with E-state index in [4.69, 9.17) is 4.42 Å². The Morgan fingerprint density at radius 2 is 1.59 bits per heavy atom. The van der Waals surface area contributed by atoms with Crippen molar-refractivity contribution < 1.29 is 17.6 Å². The highest BCUT2D eigenvalue weighted by Gasteiger charge is 2.21. The summed E-state index contributed by atoms with van der Waals surface area (Å²) in [5.41, 5.74) is 1.64. The Morgan fingerprint density at radius 1 is 0.906 bits per heavy atom. The molecule has 0 unspecified atom stereocenters. The summed E-state index contributed by atoms with van der Waals surface area (Å²) in [6, 6.07) is 19.9. The lowest BCUT2D eigenvalue weighted by Gasteiger charge is -2.21.